The van der Waals surface area contributed by atoms with E-state index >= 15 is 0 Å². The molecule has 0 fully saturated rings. The normalized spacial score (nSPS) is 11.4. The van der Waals surface area contributed by atoms with Gasteiger partial charge in [0.05, 0.1) is 13.2 Å². The number of hydrogen-bond donors (Lipinski definition) is 0. The molecule has 3 aromatic carbocycles. The second-order valence-electron chi connectivity index (χ2n) is 8.70. The molecule has 5 aromatic rings. The van der Waals surface area contributed by atoms with Gasteiger partial charge in [-0.25, -0.2) is 0 Å². The minimum Gasteiger partial charge on any atom is -0.494 e. The zero-order chi connectivity index (χ0) is 23.7. The van der Waals surface area contributed by atoms with Crippen LogP contribution in [0.1, 0.15) is 36.4 Å². The molecular formula is C30H30O2S2. The van der Waals surface area contributed by atoms with Crippen LogP contribution in [0.2, 0.25) is 0 Å². The van der Waals surface area contributed by atoms with Gasteiger partial charge in [0.2, 0.25) is 0 Å². The van der Waals surface area contributed by atoms with Gasteiger partial charge in [-0.05, 0) is 74.2 Å². The Hall–Kier alpha value is -2.82. The van der Waals surface area contributed by atoms with Crippen molar-refractivity contribution in [2.45, 2.75) is 40.5 Å². The summed E-state index contributed by atoms with van der Waals surface area (Å²) in [5.74, 6) is 1.87. The van der Waals surface area contributed by atoms with Gasteiger partial charge < -0.3 is 9.47 Å². The zero-order valence-corrected chi connectivity index (χ0v) is 21.9. The summed E-state index contributed by atoms with van der Waals surface area (Å²) in [5.41, 5.74) is 5.16. The molecule has 0 N–H and O–H groups in total. The Labute approximate surface area is 209 Å². The van der Waals surface area contributed by atoms with Crippen LogP contribution in [0.5, 0.6) is 11.5 Å². The van der Waals surface area contributed by atoms with Crippen molar-refractivity contribution < 1.29 is 9.47 Å². The molecule has 0 unspecified atom stereocenters. The Balaban J connectivity index is 1.70. The summed E-state index contributed by atoms with van der Waals surface area (Å²) in [5, 5.41) is 2.67. The van der Waals surface area contributed by atoms with Gasteiger partial charge in [0.15, 0.2) is 0 Å². The highest BCUT2D eigenvalue weighted by Crippen LogP contribution is 2.49. The highest BCUT2D eigenvalue weighted by atomic mass is 32.1. The van der Waals surface area contributed by atoms with Crippen molar-refractivity contribution in [3.63, 3.8) is 0 Å². The summed E-state index contributed by atoms with van der Waals surface area (Å²) in [6.45, 7) is 10.2. The van der Waals surface area contributed by atoms with Crippen molar-refractivity contribution in [1.82, 2.24) is 0 Å². The quantitative estimate of drug-likeness (QED) is 0.217. The molecule has 2 nitrogen and oxygen atoms in total. The summed E-state index contributed by atoms with van der Waals surface area (Å²) in [6.07, 6.45) is 2.03. The van der Waals surface area contributed by atoms with Crippen molar-refractivity contribution in [3.8, 4) is 33.8 Å². The van der Waals surface area contributed by atoms with Gasteiger partial charge in [-0.15, -0.1) is 22.7 Å². The first-order chi connectivity index (χ1) is 16.6. The maximum atomic E-state index is 5.83. The molecule has 0 atom stereocenters. The molecule has 0 bridgehead atoms. The van der Waals surface area contributed by atoms with Crippen LogP contribution in [-0.4, -0.2) is 13.2 Å². The van der Waals surface area contributed by atoms with Crippen molar-refractivity contribution in [2.24, 2.45) is 0 Å². The minimum atomic E-state index is 0.749. The number of rotatable bonds is 8. The van der Waals surface area contributed by atoms with E-state index in [1.165, 1.54) is 52.2 Å². The van der Waals surface area contributed by atoms with E-state index in [1.807, 2.05) is 22.7 Å². The fourth-order valence-corrected chi connectivity index (χ4v) is 6.66. The number of ether oxygens (including phenoxy) is 2. The van der Waals surface area contributed by atoms with Crippen molar-refractivity contribution >= 4 is 42.8 Å². The predicted octanol–water partition coefficient (Wildman–Crippen LogP) is 9.64. The van der Waals surface area contributed by atoms with Gasteiger partial charge in [0.1, 0.15) is 11.5 Å². The average Bonchev–Trinajstić information content (AvgIpc) is 3.42. The molecule has 0 saturated heterocycles. The van der Waals surface area contributed by atoms with Crippen LogP contribution in [0.3, 0.4) is 0 Å². The molecule has 174 valence electrons. The first-order valence-electron chi connectivity index (χ1n) is 12.0. The van der Waals surface area contributed by atoms with Gasteiger partial charge in [-0.3, -0.25) is 0 Å². The van der Waals surface area contributed by atoms with Gasteiger partial charge in [-0.1, -0.05) is 38.1 Å². The van der Waals surface area contributed by atoms with E-state index in [0.29, 0.717) is 0 Å². The summed E-state index contributed by atoms with van der Waals surface area (Å²) in [6, 6.07) is 22.0. The summed E-state index contributed by atoms with van der Waals surface area (Å²) in [4.78, 5) is 2.66. The first kappa shape index (κ1) is 22.9. The van der Waals surface area contributed by atoms with Crippen LogP contribution in [0.25, 0.3) is 42.4 Å². The molecule has 0 aliphatic carbocycles. The van der Waals surface area contributed by atoms with Crippen molar-refractivity contribution in [1.29, 1.82) is 0 Å². The van der Waals surface area contributed by atoms with Crippen molar-refractivity contribution in [3.05, 3.63) is 70.4 Å². The lowest BCUT2D eigenvalue weighted by atomic mass is 9.93. The van der Waals surface area contributed by atoms with E-state index in [-0.39, 0.29) is 0 Å². The Bertz CT molecular complexity index is 1260. The standard InChI is InChI=1S/C30H30O2S2/c1-5-15-31-23-11-7-21(8-12-23)27-25-17-19(3)34-30(25)28(26-18-20(4)33-29(26)27)22-9-13-24(14-10-22)32-16-6-2/h7-14,17-18H,5-6,15-16H2,1-4H3. The maximum absolute atomic E-state index is 5.83. The number of hydrogen-bond acceptors (Lipinski definition) is 4. The fraction of sp³-hybridized carbons (Fsp3) is 0.267. The molecule has 34 heavy (non-hydrogen) atoms. The molecule has 0 amide bonds. The van der Waals surface area contributed by atoms with Crippen LogP contribution >= 0.6 is 22.7 Å². The van der Waals surface area contributed by atoms with Crippen molar-refractivity contribution in [2.75, 3.05) is 13.2 Å². The monoisotopic (exact) mass is 486 g/mol. The Morgan fingerprint density at radius 1 is 0.588 bits per heavy atom. The molecule has 0 radical (unpaired) electrons. The van der Waals surface area contributed by atoms with E-state index in [2.05, 4.69) is 88.4 Å². The first-order valence-corrected chi connectivity index (χ1v) is 13.6. The molecule has 5 rings (SSSR count). The predicted molar refractivity (Wildman–Crippen MR) is 149 cm³/mol. The SMILES string of the molecule is CCCOc1ccc(-c2c3cc(C)sc3c(-c3ccc(OCCC)cc3)c3cc(C)sc23)cc1. The largest absolute Gasteiger partial charge is 0.494 e. The van der Waals surface area contributed by atoms with Gasteiger partial charge in [-0.2, -0.15) is 0 Å². The van der Waals surface area contributed by atoms with Crippen LogP contribution in [0.15, 0.2) is 60.7 Å². The van der Waals surface area contributed by atoms with E-state index in [0.717, 1.165) is 37.6 Å². The molecule has 2 heterocycles. The summed E-state index contributed by atoms with van der Waals surface area (Å²) >= 11 is 3.78. The molecule has 0 aliphatic rings. The lowest BCUT2D eigenvalue weighted by Crippen LogP contribution is -1.94. The third-order valence-corrected chi connectivity index (χ3v) is 8.07. The van der Waals surface area contributed by atoms with Crippen LogP contribution in [-0.2, 0) is 0 Å². The van der Waals surface area contributed by atoms with Gasteiger partial charge in [0, 0.05) is 41.1 Å². The lowest BCUT2D eigenvalue weighted by molar-refractivity contribution is 0.317. The molecule has 0 spiro atoms. The second kappa shape index (κ2) is 9.81. The van der Waals surface area contributed by atoms with Crippen LogP contribution in [0.4, 0.5) is 0 Å². The average molecular weight is 487 g/mol. The minimum absolute atomic E-state index is 0.749. The topological polar surface area (TPSA) is 18.5 Å². The number of aryl methyl sites for hydroxylation is 2. The number of fused-ring (bicyclic) bond motifs is 2. The maximum Gasteiger partial charge on any atom is 0.119 e. The fourth-order valence-electron chi connectivity index (χ4n) is 4.46. The molecule has 4 heteroatoms. The number of thiophene rings is 2. The Morgan fingerprint density at radius 3 is 1.32 bits per heavy atom. The Kier molecular flexibility index (Phi) is 6.62. The molecule has 0 saturated carbocycles. The van der Waals surface area contributed by atoms with E-state index < -0.39 is 0 Å². The van der Waals surface area contributed by atoms with E-state index in [9.17, 15) is 0 Å². The van der Waals surface area contributed by atoms with E-state index in [4.69, 9.17) is 9.47 Å². The van der Waals surface area contributed by atoms with E-state index in [1.54, 1.807) is 0 Å². The smallest absolute Gasteiger partial charge is 0.119 e. The second-order valence-corrected chi connectivity index (χ2v) is 11.2. The molecule has 0 aliphatic heterocycles. The lowest BCUT2D eigenvalue weighted by Gasteiger charge is -2.13. The highest BCUT2D eigenvalue weighted by Gasteiger charge is 2.20. The van der Waals surface area contributed by atoms with Crippen LogP contribution in [0, 0.1) is 13.8 Å². The summed E-state index contributed by atoms with van der Waals surface area (Å²) < 4.78 is 14.4. The highest BCUT2D eigenvalue weighted by molar-refractivity contribution is 7.21. The third kappa shape index (κ3) is 4.33. The Morgan fingerprint density at radius 2 is 0.971 bits per heavy atom. The van der Waals surface area contributed by atoms with Gasteiger partial charge in [0.25, 0.3) is 0 Å². The molecule has 2 aromatic heterocycles. The zero-order valence-electron chi connectivity index (χ0n) is 20.2. The van der Waals surface area contributed by atoms with Gasteiger partial charge >= 0.3 is 0 Å². The molecular weight excluding hydrogens is 456 g/mol. The number of benzene rings is 3. The van der Waals surface area contributed by atoms with Crippen LogP contribution < -0.4 is 9.47 Å². The third-order valence-electron chi connectivity index (χ3n) is 5.94. The summed E-state index contributed by atoms with van der Waals surface area (Å²) in [7, 11) is 0.